The molecule has 0 atom stereocenters. The van der Waals surface area contributed by atoms with Gasteiger partial charge in [-0.2, -0.15) is 5.10 Å². The Bertz CT molecular complexity index is 521. The van der Waals surface area contributed by atoms with Crippen LogP contribution in [0.1, 0.15) is 16.8 Å². The van der Waals surface area contributed by atoms with E-state index in [9.17, 15) is 0 Å². The van der Waals surface area contributed by atoms with Crippen molar-refractivity contribution in [2.24, 2.45) is 0 Å². The van der Waals surface area contributed by atoms with E-state index in [4.69, 9.17) is 11.6 Å². The maximum atomic E-state index is 5.95. The summed E-state index contributed by atoms with van der Waals surface area (Å²) in [4.78, 5) is 6.59. The Hall–Kier alpha value is -1.55. The highest BCUT2D eigenvalue weighted by atomic mass is 35.5. The Morgan fingerprint density at radius 1 is 1.44 bits per heavy atom. The third-order valence-corrected chi connectivity index (χ3v) is 3.13. The molecule has 0 bridgehead atoms. The molecule has 2 aromatic heterocycles. The van der Waals surface area contributed by atoms with Crippen molar-refractivity contribution in [3.63, 3.8) is 0 Å². The van der Waals surface area contributed by atoms with Crippen molar-refractivity contribution < 1.29 is 0 Å². The molecular weight excluding hydrogens is 224 g/mol. The highest BCUT2D eigenvalue weighted by Crippen LogP contribution is 2.29. The number of nitrogens with one attached hydrogen (secondary N) is 1. The largest absolute Gasteiger partial charge is 0.359 e. The van der Waals surface area contributed by atoms with Crippen molar-refractivity contribution in [1.29, 1.82) is 0 Å². The SMILES string of the molecule is Cc1cc(Cl)nc2c1CN(c1cn[nH]c1)C2. The predicted octanol–water partition coefficient (Wildman–Crippen LogP) is 2.29. The van der Waals surface area contributed by atoms with Gasteiger partial charge in [-0.3, -0.25) is 5.10 Å². The van der Waals surface area contributed by atoms with Crippen LogP contribution >= 0.6 is 11.6 Å². The summed E-state index contributed by atoms with van der Waals surface area (Å²) in [6, 6.07) is 1.92. The molecule has 0 saturated heterocycles. The van der Waals surface area contributed by atoms with E-state index in [1.807, 2.05) is 18.5 Å². The van der Waals surface area contributed by atoms with Gasteiger partial charge in [-0.05, 0) is 24.1 Å². The normalized spacial score (nSPS) is 14.2. The quantitative estimate of drug-likeness (QED) is 0.770. The van der Waals surface area contributed by atoms with Crippen molar-refractivity contribution in [1.82, 2.24) is 15.2 Å². The Balaban J connectivity index is 1.98. The fraction of sp³-hybridized carbons (Fsp3) is 0.273. The molecule has 5 heteroatoms. The molecule has 0 spiro atoms. The minimum Gasteiger partial charge on any atom is -0.359 e. The lowest BCUT2D eigenvalue weighted by molar-refractivity contribution is 0.870. The molecule has 1 N–H and O–H groups in total. The summed E-state index contributed by atoms with van der Waals surface area (Å²) in [5, 5.41) is 7.35. The molecule has 4 nitrogen and oxygen atoms in total. The van der Waals surface area contributed by atoms with Gasteiger partial charge in [0.25, 0.3) is 0 Å². The number of pyridine rings is 1. The molecule has 82 valence electrons. The molecule has 0 aromatic carbocycles. The summed E-state index contributed by atoms with van der Waals surface area (Å²) in [5.74, 6) is 0. The van der Waals surface area contributed by atoms with E-state index in [1.165, 1.54) is 11.1 Å². The minimum absolute atomic E-state index is 0.574. The summed E-state index contributed by atoms with van der Waals surface area (Å²) < 4.78 is 0. The summed E-state index contributed by atoms with van der Waals surface area (Å²) in [6.45, 7) is 3.76. The number of aryl methyl sites for hydroxylation is 1. The zero-order valence-corrected chi connectivity index (χ0v) is 9.62. The van der Waals surface area contributed by atoms with Gasteiger partial charge in [0.05, 0.1) is 24.1 Å². The van der Waals surface area contributed by atoms with Crippen LogP contribution < -0.4 is 4.90 Å². The first-order valence-corrected chi connectivity index (χ1v) is 5.50. The number of hydrogen-bond donors (Lipinski definition) is 1. The zero-order valence-electron chi connectivity index (χ0n) is 8.87. The number of H-pyrrole nitrogens is 1. The summed E-state index contributed by atoms with van der Waals surface area (Å²) in [6.07, 6.45) is 3.71. The maximum Gasteiger partial charge on any atom is 0.129 e. The summed E-state index contributed by atoms with van der Waals surface area (Å²) >= 11 is 5.95. The van der Waals surface area contributed by atoms with Crippen molar-refractivity contribution in [2.45, 2.75) is 20.0 Å². The van der Waals surface area contributed by atoms with Crippen molar-refractivity contribution in [3.05, 3.63) is 40.4 Å². The summed E-state index contributed by atoms with van der Waals surface area (Å²) in [5.41, 5.74) is 4.66. The predicted molar refractivity (Wildman–Crippen MR) is 62.5 cm³/mol. The van der Waals surface area contributed by atoms with E-state index in [0.717, 1.165) is 24.5 Å². The van der Waals surface area contributed by atoms with Crippen molar-refractivity contribution in [3.8, 4) is 0 Å². The first kappa shape index (κ1) is 9.66. The molecule has 2 aromatic rings. The average Bonchev–Trinajstić information content (AvgIpc) is 2.82. The molecule has 0 unspecified atom stereocenters. The molecule has 16 heavy (non-hydrogen) atoms. The number of rotatable bonds is 1. The van der Waals surface area contributed by atoms with Crippen LogP contribution in [0, 0.1) is 6.92 Å². The Labute approximate surface area is 98.3 Å². The van der Waals surface area contributed by atoms with Gasteiger partial charge in [0, 0.05) is 12.7 Å². The molecule has 0 saturated carbocycles. The van der Waals surface area contributed by atoms with Gasteiger partial charge in [-0.25, -0.2) is 4.98 Å². The number of aromatic nitrogens is 3. The number of halogens is 1. The molecule has 3 heterocycles. The topological polar surface area (TPSA) is 44.8 Å². The third kappa shape index (κ3) is 1.46. The lowest BCUT2D eigenvalue weighted by Crippen LogP contribution is -2.13. The Morgan fingerprint density at radius 3 is 3.06 bits per heavy atom. The van der Waals surface area contributed by atoms with Crippen LogP contribution in [0.3, 0.4) is 0 Å². The second-order valence-corrected chi connectivity index (χ2v) is 4.39. The third-order valence-electron chi connectivity index (χ3n) is 2.94. The van der Waals surface area contributed by atoms with Gasteiger partial charge >= 0.3 is 0 Å². The van der Waals surface area contributed by atoms with Crippen LogP contribution in [0.2, 0.25) is 5.15 Å². The second kappa shape index (κ2) is 3.49. The second-order valence-electron chi connectivity index (χ2n) is 4.00. The molecule has 1 aliphatic rings. The summed E-state index contributed by atoms with van der Waals surface area (Å²) in [7, 11) is 0. The fourth-order valence-corrected chi connectivity index (χ4v) is 2.36. The van der Waals surface area contributed by atoms with Crippen LogP contribution in [-0.4, -0.2) is 15.2 Å². The van der Waals surface area contributed by atoms with Gasteiger partial charge < -0.3 is 4.90 Å². The fourth-order valence-electron chi connectivity index (χ4n) is 2.10. The standard InChI is InChI=1S/C11H11ClN4/c1-7-2-11(12)15-10-6-16(5-9(7)10)8-3-13-14-4-8/h2-4H,5-6H2,1H3,(H,13,14). The van der Waals surface area contributed by atoms with Crippen LogP contribution in [0.5, 0.6) is 0 Å². The van der Waals surface area contributed by atoms with E-state index in [2.05, 4.69) is 27.0 Å². The molecular formula is C11H11ClN4. The van der Waals surface area contributed by atoms with Crippen LogP contribution in [-0.2, 0) is 13.1 Å². The number of aromatic amines is 1. The zero-order chi connectivity index (χ0) is 11.1. The maximum absolute atomic E-state index is 5.95. The smallest absolute Gasteiger partial charge is 0.129 e. The monoisotopic (exact) mass is 234 g/mol. The van der Waals surface area contributed by atoms with Crippen molar-refractivity contribution >= 4 is 17.3 Å². The lowest BCUT2D eigenvalue weighted by Gasteiger charge is -2.13. The Kier molecular flexibility index (Phi) is 2.11. The average molecular weight is 235 g/mol. The number of fused-ring (bicyclic) bond motifs is 1. The van der Waals surface area contributed by atoms with Gasteiger partial charge in [0.2, 0.25) is 0 Å². The highest BCUT2D eigenvalue weighted by Gasteiger charge is 2.23. The molecule has 1 aliphatic heterocycles. The Morgan fingerprint density at radius 2 is 2.31 bits per heavy atom. The van der Waals surface area contributed by atoms with Gasteiger partial charge in [0.15, 0.2) is 0 Å². The number of nitrogens with zero attached hydrogens (tertiary/aromatic N) is 3. The molecule has 0 radical (unpaired) electrons. The molecule has 0 amide bonds. The number of anilines is 1. The highest BCUT2D eigenvalue weighted by molar-refractivity contribution is 6.29. The lowest BCUT2D eigenvalue weighted by atomic mass is 10.1. The van der Waals surface area contributed by atoms with E-state index < -0.39 is 0 Å². The molecule has 0 aliphatic carbocycles. The first-order chi connectivity index (χ1) is 7.74. The van der Waals surface area contributed by atoms with E-state index >= 15 is 0 Å². The van der Waals surface area contributed by atoms with E-state index in [0.29, 0.717) is 5.15 Å². The molecule has 0 fully saturated rings. The molecule has 3 rings (SSSR count). The van der Waals surface area contributed by atoms with Gasteiger partial charge in [-0.15, -0.1) is 0 Å². The van der Waals surface area contributed by atoms with Crippen LogP contribution in [0.4, 0.5) is 5.69 Å². The van der Waals surface area contributed by atoms with Crippen LogP contribution in [0.25, 0.3) is 0 Å². The first-order valence-electron chi connectivity index (χ1n) is 5.12. The minimum atomic E-state index is 0.574. The van der Waals surface area contributed by atoms with Gasteiger partial charge in [-0.1, -0.05) is 11.6 Å². The van der Waals surface area contributed by atoms with Gasteiger partial charge in [0.1, 0.15) is 5.15 Å². The van der Waals surface area contributed by atoms with E-state index in [1.54, 1.807) is 0 Å². The van der Waals surface area contributed by atoms with Crippen LogP contribution in [0.15, 0.2) is 18.5 Å². The van der Waals surface area contributed by atoms with Crippen molar-refractivity contribution in [2.75, 3.05) is 4.90 Å². The number of hydrogen-bond acceptors (Lipinski definition) is 3. The van der Waals surface area contributed by atoms with E-state index in [-0.39, 0.29) is 0 Å².